The number of nitrogens with two attached hydrogens (primary N) is 2. The van der Waals surface area contributed by atoms with E-state index < -0.39 is 85.1 Å². The van der Waals surface area contributed by atoms with Crippen molar-refractivity contribution >= 4 is 46.5 Å². The molecular formula is C24H32N6O9. The molecule has 1 aromatic heterocycles. The minimum atomic E-state index is -1.60. The smallest absolute Gasteiger partial charge is 0.326 e. The van der Waals surface area contributed by atoms with Gasteiger partial charge in [-0.05, 0) is 25.0 Å². The molecule has 0 bridgehead atoms. The lowest BCUT2D eigenvalue weighted by atomic mass is 10.0. The van der Waals surface area contributed by atoms with Crippen LogP contribution in [0.25, 0.3) is 10.9 Å². The summed E-state index contributed by atoms with van der Waals surface area (Å²) in [6, 6.07) is 1.14. The quantitative estimate of drug-likeness (QED) is 0.115. The molecule has 0 saturated carbocycles. The lowest BCUT2D eigenvalue weighted by Crippen LogP contribution is -2.60. The van der Waals surface area contributed by atoms with Gasteiger partial charge in [0.15, 0.2) is 0 Å². The van der Waals surface area contributed by atoms with Crippen LogP contribution in [-0.4, -0.2) is 86.1 Å². The van der Waals surface area contributed by atoms with Crippen LogP contribution in [0.15, 0.2) is 30.5 Å². The predicted octanol–water partition coefficient (Wildman–Crippen LogP) is -2.30. The molecule has 0 spiro atoms. The molecule has 2 rings (SSSR count). The molecule has 0 radical (unpaired) electrons. The molecule has 5 atom stereocenters. The molecule has 0 fully saturated rings. The third-order valence-electron chi connectivity index (χ3n) is 5.81. The number of carboxylic acid groups (broad SMARTS) is 2. The first-order chi connectivity index (χ1) is 18.3. The number of aromatic nitrogens is 1. The van der Waals surface area contributed by atoms with E-state index in [2.05, 4.69) is 20.9 Å². The molecular weight excluding hydrogens is 516 g/mol. The molecule has 0 aliphatic carbocycles. The van der Waals surface area contributed by atoms with E-state index in [-0.39, 0.29) is 6.42 Å². The van der Waals surface area contributed by atoms with Crippen molar-refractivity contribution < 1.29 is 44.1 Å². The van der Waals surface area contributed by atoms with Gasteiger partial charge >= 0.3 is 11.9 Å². The zero-order chi connectivity index (χ0) is 29.3. The summed E-state index contributed by atoms with van der Waals surface area (Å²) in [4.78, 5) is 75.2. The van der Waals surface area contributed by atoms with Crippen LogP contribution < -0.4 is 27.4 Å². The fourth-order valence-corrected chi connectivity index (χ4v) is 3.76. The van der Waals surface area contributed by atoms with E-state index in [0.717, 1.165) is 10.9 Å². The highest BCUT2D eigenvalue weighted by Crippen LogP contribution is 2.19. The van der Waals surface area contributed by atoms with Gasteiger partial charge < -0.3 is 47.7 Å². The van der Waals surface area contributed by atoms with Crippen molar-refractivity contribution in [2.45, 2.75) is 62.9 Å². The molecule has 5 unspecified atom stereocenters. The van der Waals surface area contributed by atoms with Crippen LogP contribution in [0.4, 0.5) is 0 Å². The summed E-state index contributed by atoms with van der Waals surface area (Å²) >= 11 is 0. The monoisotopic (exact) mass is 548 g/mol. The largest absolute Gasteiger partial charge is 0.481 e. The highest BCUT2D eigenvalue weighted by molar-refractivity contribution is 5.96. The van der Waals surface area contributed by atoms with Crippen LogP contribution >= 0.6 is 0 Å². The van der Waals surface area contributed by atoms with Crippen LogP contribution in [0.2, 0.25) is 0 Å². The summed E-state index contributed by atoms with van der Waals surface area (Å²) in [5.41, 5.74) is 12.0. The molecule has 2 aromatic rings. The van der Waals surface area contributed by atoms with Crippen molar-refractivity contribution in [2.24, 2.45) is 11.5 Å². The molecule has 1 aromatic carbocycles. The summed E-state index contributed by atoms with van der Waals surface area (Å²) < 4.78 is 0. The van der Waals surface area contributed by atoms with E-state index in [1.54, 1.807) is 30.5 Å². The van der Waals surface area contributed by atoms with Crippen LogP contribution in [0.5, 0.6) is 0 Å². The SMILES string of the molecule is CC(O)C(NC(=O)C(N)CC(N)=O)C(=O)NC(Cc1c[nH]c2ccccc12)C(=O)NC(CCC(=O)O)C(=O)O. The van der Waals surface area contributed by atoms with Crippen molar-refractivity contribution in [1.82, 2.24) is 20.9 Å². The Morgan fingerprint density at radius 3 is 2.18 bits per heavy atom. The van der Waals surface area contributed by atoms with Crippen LogP contribution in [-0.2, 0) is 35.2 Å². The van der Waals surface area contributed by atoms with E-state index in [0.29, 0.717) is 5.56 Å². The Bertz CT molecular complexity index is 1230. The molecule has 15 heteroatoms. The number of carbonyl (C=O) groups is 6. The summed E-state index contributed by atoms with van der Waals surface area (Å²) in [7, 11) is 0. The van der Waals surface area contributed by atoms with Gasteiger partial charge in [0.1, 0.15) is 18.1 Å². The number of hydrogen-bond acceptors (Lipinski definition) is 8. The van der Waals surface area contributed by atoms with Gasteiger partial charge in [-0.15, -0.1) is 0 Å². The number of benzene rings is 1. The topological polar surface area (TPSA) is 267 Å². The number of amides is 4. The van der Waals surface area contributed by atoms with Crippen molar-refractivity contribution in [1.29, 1.82) is 0 Å². The number of aromatic amines is 1. The molecule has 0 aliphatic rings. The molecule has 0 aliphatic heterocycles. The molecule has 4 amide bonds. The molecule has 212 valence electrons. The number of nitrogens with one attached hydrogen (secondary N) is 4. The molecule has 11 N–H and O–H groups in total. The number of primary amides is 1. The Balaban J connectivity index is 2.31. The number of hydrogen-bond donors (Lipinski definition) is 9. The first-order valence-corrected chi connectivity index (χ1v) is 11.9. The minimum absolute atomic E-state index is 0.130. The van der Waals surface area contributed by atoms with Gasteiger partial charge in [-0.25, -0.2) is 4.79 Å². The second-order valence-electron chi connectivity index (χ2n) is 8.96. The number of rotatable bonds is 15. The molecule has 1 heterocycles. The maximum absolute atomic E-state index is 13.2. The van der Waals surface area contributed by atoms with E-state index in [4.69, 9.17) is 16.6 Å². The van der Waals surface area contributed by atoms with Crippen LogP contribution in [0, 0.1) is 0 Å². The zero-order valence-electron chi connectivity index (χ0n) is 21.0. The molecule has 0 saturated heterocycles. The fraction of sp³-hybridized carbons (Fsp3) is 0.417. The van der Waals surface area contributed by atoms with E-state index in [1.165, 1.54) is 6.92 Å². The summed E-state index contributed by atoms with van der Waals surface area (Å²) in [6.07, 6.45) is -1.44. The Labute approximate surface area is 222 Å². The lowest BCUT2D eigenvalue weighted by molar-refractivity contribution is -0.143. The number of para-hydroxylation sites is 1. The fourth-order valence-electron chi connectivity index (χ4n) is 3.76. The second-order valence-corrected chi connectivity index (χ2v) is 8.96. The van der Waals surface area contributed by atoms with Crippen LogP contribution in [0.1, 0.15) is 31.7 Å². The van der Waals surface area contributed by atoms with E-state index >= 15 is 0 Å². The first kappa shape index (κ1) is 30.7. The van der Waals surface area contributed by atoms with E-state index in [1.807, 2.05) is 0 Å². The third-order valence-corrected chi connectivity index (χ3v) is 5.81. The zero-order valence-corrected chi connectivity index (χ0v) is 21.0. The normalized spacial score (nSPS) is 14.8. The first-order valence-electron chi connectivity index (χ1n) is 11.9. The highest BCUT2D eigenvalue weighted by Gasteiger charge is 2.33. The average Bonchev–Trinajstić information content (AvgIpc) is 3.26. The number of fused-ring (bicyclic) bond motifs is 1. The maximum atomic E-state index is 13.2. The second kappa shape index (κ2) is 13.9. The Kier molecular flexibility index (Phi) is 10.9. The standard InChI is InChI=1S/C24H32N6O9/c1-11(31)20(30-21(35)14(25)9-18(26)32)23(37)29-17(8-12-10-27-15-5-3-2-4-13(12)15)22(36)28-16(24(38)39)6-7-19(33)34/h2-5,10-11,14,16-17,20,27,31H,6-9,25H2,1H3,(H2,26,32)(H,28,36)(H,29,37)(H,30,35)(H,33,34)(H,38,39). The highest BCUT2D eigenvalue weighted by atomic mass is 16.4. The Hall–Kier alpha value is -4.50. The van der Waals surface area contributed by atoms with Crippen molar-refractivity contribution in [3.63, 3.8) is 0 Å². The summed E-state index contributed by atoms with van der Waals surface area (Å²) in [6.45, 7) is 1.20. The maximum Gasteiger partial charge on any atom is 0.326 e. The third kappa shape index (κ3) is 9.08. The number of carbonyl (C=O) groups excluding carboxylic acids is 4. The average molecular weight is 549 g/mol. The number of aliphatic carboxylic acids is 2. The van der Waals surface area contributed by atoms with Gasteiger partial charge in [0.25, 0.3) is 0 Å². The minimum Gasteiger partial charge on any atom is -0.481 e. The van der Waals surface area contributed by atoms with Crippen molar-refractivity contribution in [3.05, 3.63) is 36.0 Å². The van der Waals surface area contributed by atoms with Crippen LogP contribution in [0.3, 0.4) is 0 Å². The van der Waals surface area contributed by atoms with Gasteiger partial charge in [-0.1, -0.05) is 18.2 Å². The van der Waals surface area contributed by atoms with Gasteiger partial charge in [0, 0.05) is 29.9 Å². The van der Waals surface area contributed by atoms with Gasteiger partial charge in [0.05, 0.1) is 18.6 Å². The van der Waals surface area contributed by atoms with E-state index in [9.17, 15) is 39.0 Å². The number of carboxylic acids is 2. The summed E-state index contributed by atoms with van der Waals surface area (Å²) in [5, 5.41) is 36.1. The molecule has 15 nitrogen and oxygen atoms in total. The Morgan fingerprint density at radius 1 is 0.949 bits per heavy atom. The number of aliphatic hydroxyl groups excluding tert-OH is 1. The molecule has 39 heavy (non-hydrogen) atoms. The number of H-pyrrole nitrogens is 1. The van der Waals surface area contributed by atoms with Gasteiger partial charge in [-0.2, -0.15) is 0 Å². The predicted molar refractivity (Wildman–Crippen MR) is 136 cm³/mol. The summed E-state index contributed by atoms with van der Waals surface area (Å²) in [5.74, 6) is -6.48. The van der Waals surface area contributed by atoms with Crippen molar-refractivity contribution in [2.75, 3.05) is 0 Å². The van der Waals surface area contributed by atoms with Crippen molar-refractivity contribution in [3.8, 4) is 0 Å². The van der Waals surface area contributed by atoms with Gasteiger partial charge in [-0.3, -0.25) is 24.0 Å². The Morgan fingerprint density at radius 2 is 1.59 bits per heavy atom. The lowest BCUT2D eigenvalue weighted by Gasteiger charge is -2.26. The number of aliphatic hydroxyl groups is 1. The van der Waals surface area contributed by atoms with Gasteiger partial charge in [0.2, 0.25) is 23.6 Å².